The first-order valence-corrected chi connectivity index (χ1v) is 12.3. The van der Waals surface area contributed by atoms with E-state index in [-0.39, 0.29) is 17.1 Å². The van der Waals surface area contributed by atoms with Crippen molar-refractivity contribution >= 4 is 46.6 Å². The second-order valence-corrected chi connectivity index (χ2v) is 10.3. The van der Waals surface area contributed by atoms with Crippen LogP contribution in [0.1, 0.15) is 45.7 Å². The zero-order valence-corrected chi connectivity index (χ0v) is 21.6. The highest BCUT2D eigenvalue weighted by Crippen LogP contribution is 2.27. The van der Waals surface area contributed by atoms with Gasteiger partial charge in [-0.3, -0.25) is 4.79 Å². The van der Waals surface area contributed by atoms with Crippen LogP contribution in [0, 0.1) is 0 Å². The van der Waals surface area contributed by atoms with Gasteiger partial charge in [-0.05, 0) is 37.0 Å². The van der Waals surface area contributed by atoms with E-state index in [1.807, 2.05) is 11.5 Å². The Hall–Kier alpha value is -2.35. The zero-order valence-electron chi connectivity index (χ0n) is 19.3. The first-order chi connectivity index (χ1) is 15.6. The normalized spacial score (nSPS) is 12.2. The van der Waals surface area contributed by atoms with Crippen molar-refractivity contribution in [3.8, 4) is 11.4 Å². The minimum atomic E-state index is -0.244. The maximum absolute atomic E-state index is 12.3. The Kier molecular flexibility index (Phi) is 8.21. The van der Waals surface area contributed by atoms with Crippen LogP contribution in [0.15, 0.2) is 52.7 Å². The first-order valence-electron chi connectivity index (χ1n) is 10.6. The predicted octanol–water partition coefficient (Wildman–Crippen LogP) is 6.20. The van der Waals surface area contributed by atoms with Crippen molar-refractivity contribution < 1.29 is 4.79 Å². The van der Waals surface area contributed by atoms with Gasteiger partial charge in [-0.1, -0.05) is 86.1 Å². The van der Waals surface area contributed by atoms with E-state index in [4.69, 9.17) is 23.2 Å². The molecule has 0 aliphatic heterocycles. The van der Waals surface area contributed by atoms with E-state index in [0.717, 1.165) is 11.4 Å². The lowest BCUT2D eigenvalue weighted by molar-refractivity contribution is -0.118. The fourth-order valence-electron chi connectivity index (χ4n) is 3.17. The topological polar surface area (TPSA) is 72.2 Å². The lowest BCUT2D eigenvalue weighted by atomic mass is 9.87. The van der Waals surface area contributed by atoms with Crippen LogP contribution in [0.2, 0.25) is 10.0 Å². The molecule has 1 amide bonds. The highest BCUT2D eigenvalue weighted by Gasteiger charge is 2.17. The molecular formula is C24H27Cl2N5OS. The predicted molar refractivity (Wildman–Crippen MR) is 137 cm³/mol. The number of thioether (sulfide) groups is 1. The van der Waals surface area contributed by atoms with E-state index >= 15 is 0 Å². The second kappa shape index (κ2) is 10.7. The van der Waals surface area contributed by atoms with Crippen molar-refractivity contribution in [2.75, 3.05) is 5.75 Å². The monoisotopic (exact) mass is 503 g/mol. The number of hydrogen-bond acceptors (Lipinski definition) is 5. The number of hydrazone groups is 1. The largest absolute Gasteiger partial charge is 0.302 e. The molecule has 3 rings (SSSR count). The molecular weight excluding hydrogens is 477 g/mol. The van der Waals surface area contributed by atoms with Gasteiger partial charge in [0.05, 0.1) is 16.5 Å². The van der Waals surface area contributed by atoms with Crippen LogP contribution >= 0.6 is 35.0 Å². The van der Waals surface area contributed by atoms with Crippen molar-refractivity contribution in [1.82, 2.24) is 20.2 Å². The SMILES string of the molecule is CCn1c(SCC(=O)N/N=C(/C)c2ccc(Cl)cc2Cl)nnc1-c1ccc(C(C)(C)C)cc1. The van der Waals surface area contributed by atoms with Crippen LogP contribution in [0.25, 0.3) is 11.4 Å². The molecule has 6 nitrogen and oxygen atoms in total. The molecule has 1 heterocycles. The van der Waals surface area contributed by atoms with Crippen LogP contribution in [-0.2, 0) is 16.8 Å². The molecule has 174 valence electrons. The lowest BCUT2D eigenvalue weighted by Crippen LogP contribution is -2.21. The number of amides is 1. The third-order valence-electron chi connectivity index (χ3n) is 5.04. The highest BCUT2D eigenvalue weighted by molar-refractivity contribution is 7.99. The van der Waals surface area contributed by atoms with Gasteiger partial charge in [0.15, 0.2) is 11.0 Å². The Morgan fingerprint density at radius 1 is 1.12 bits per heavy atom. The summed E-state index contributed by atoms with van der Waals surface area (Å²) in [6.07, 6.45) is 0. The van der Waals surface area contributed by atoms with Gasteiger partial charge in [0.1, 0.15) is 0 Å². The second-order valence-electron chi connectivity index (χ2n) is 8.52. The fraction of sp³-hybridized carbons (Fsp3) is 0.333. The third-order valence-corrected chi connectivity index (χ3v) is 6.56. The minimum absolute atomic E-state index is 0.0884. The molecule has 0 bridgehead atoms. The summed E-state index contributed by atoms with van der Waals surface area (Å²) in [7, 11) is 0. The van der Waals surface area contributed by atoms with E-state index < -0.39 is 0 Å². The summed E-state index contributed by atoms with van der Waals surface area (Å²) in [5.41, 5.74) is 6.21. The van der Waals surface area contributed by atoms with Crippen molar-refractivity contribution in [3.63, 3.8) is 0 Å². The Labute approximate surface area is 208 Å². The van der Waals surface area contributed by atoms with Crippen LogP contribution in [0.5, 0.6) is 0 Å². The average molecular weight is 504 g/mol. The molecule has 0 spiro atoms. The quantitative estimate of drug-likeness (QED) is 0.236. The van der Waals surface area contributed by atoms with E-state index in [1.54, 1.807) is 25.1 Å². The van der Waals surface area contributed by atoms with Crippen molar-refractivity contribution in [2.45, 2.75) is 51.7 Å². The highest BCUT2D eigenvalue weighted by atomic mass is 35.5. The maximum Gasteiger partial charge on any atom is 0.250 e. The van der Waals surface area contributed by atoms with Crippen molar-refractivity contribution in [3.05, 3.63) is 63.6 Å². The number of benzene rings is 2. The molecule has 0 aliphatic carbocycles. The Bertz CT molecular complexity index is 1170. The molecule has 0 saturated heterocycles. The maximum atomic E-state index is 12.3. The number of carbonyl (C=O) groups is 1. The van der Waals surface area contributed by atoms with Crippen LogP contribution < -0.4 is 5.43 Å². The molecule has 2 aromatic carbocycles. The van der Waals surface area contributed by atoms with Crippen molar-refractivity contribution in [1.29, 1.82) is 0 Å². The number of nitrogens with zero attached hydrogens (tertiary/aromatic N) is 4. The Morgan fingerprint density at radius 3 is 2.42 bits per heavy atom. The van der Waals surface area contributed by atoms with Crippen LogP contribution in [-0.4, -0.2) is 32.1 Å². The summed E-state index contributed by atoms with van der Waals surface area (Å²) >= 11 is 13.4. The molecule has 0 radical (unpaired) electrons. The molecule has 1 N–H and O–H groups in total. The average Bonchev–Trinajstić information content (AvgIpc) is 3.18. The van der Waals surface area contributed by atoms with Gasteiger partial charge in [-0.15, -0.1) is 10.2 Å². The van der Waals surface area contributed by atoms with Gasteiger partial charge in [0.25, 0.3) is 5.91 Å². The molecule has 1 aromatic heterocycles. The molecule has 0 aliphatic rings. The summed E-state index contributed by atoms with van der Waals surface area (Å²) in [4.78, 5) is 12.3. The summed E-state index contributed by atoms with van der Waals surface area (Å²) in [6, 6.07) is 13.5. The summed E-state index contributed by atoms with van der Waals surface area (Å²) in [5, 5.41) is 14.5. The molecule has 33 heavy (non-hydrogen) atoms. The molecule has 9 heteroatoms. The fourth-order valence-corrected chi connectivity index (χ4v) is 4.51. The van der Waals surface area contributed by atoms with Crippen molar-refractivity contribution in [2.24, 2.45) is 5.10 Å². The molecule has 3 aromatic rings. The molecule has 0 saturated carbocycles. The number of carbonyl (C=O) groups excluding carboxylic acids is 1. The van der Waals surface area contributed by atoms with Crippen LogP contribution in [0.3, 0.4) is 0 Å². The smallest absolute Gasteiger partial charge is 0.250 e. The number of aromatic nitrogens is 3. The molecule has 0 unspecified atom stereocenters. The molecule has 0 atom stereocenters. The van der Waals surface area contributed by atoms with E-state index in [0.29, 0.717) is 33.0 Å². The standard InChI is InChI=1S/C24H27Cl2N5OS/c1-6-31-22(16-7-9-17(10-8-16)24(3,4)5)29-30-23(31)33-14-21(32)28-27-15(2)19-12-11-18(25)13-20(19)26/h7-13H,6,14H2,1-5H3,(H,28,32)/b27-15-. The third kappa shape index (κ3) is 6.37. The van der Waals surface area contributed by atoms with Crippen LogP contribution in [0.4, 0.5) is 0 Å². The van der Waals surface area contributed by atoms with E-state index in [9.17, 15) is 4.79 Å². The lowest BCUT2D eigenvalue weighted by Gasteiger charge is -2.19. The van der Waals surface area contributed by atoms with E-state index in [1.165, 1.54) is 17.3 Å². The summed E-state index contributed by atoms with van der Waals surface area (Å²) in [6.45, 7) is 11.1. The minimum Gasteiger partial charge on any atom is -0.302 e. The van der Waals surface area contributed by atoms with Gasteiger partial charge in [0.2, 0.25) is 0 Å². The van der Waals surface area contributed by atoms with E-state index in [2.05, 4.69) is 65.8 Å². The van der Waals surface area contributed by atoms with Gasteiger partial charge in [-0.2, -0.15) is 5.10 Å². The van der Waals surface area contributed by atoms with Gasteiger partial charge < -0.3 is 4.57 Å². The van der Waals surface area contributed by atoms with Gasteiger partial charge in [-0.25, -0.2) is 5.43 Å². The number of rotatable bonds is 7. The van der Waals surface area contributed by atoms with Gasteiger partial charge in [0, 0.05) is 22.7 Å². The van der Waals surface area contributed by atoms with Gasteiger partial charge >= 0.3 is 0 Å². The number of nitrogens with one attached hydrogen (secondary N) is 1. The Balaban J connectivity index is 1.66. The summed E-state index contributed by atoms with van der Waals surface area (Å²) < 4.78 is 2.01. The number of halogens is 2. The summed E-state index contributed by atoms with van der Waals surface area (Å²) in [5.74, 6) is 0.699. The molecule has 0 fully saturated rings. The Morgan fingerprint density at radius 2 is 1.82 bits per heavy atom. The zero-order chi connectivity index (χ0) is 24.2. The first kappa shape index (κ1) is 25.3. The number of hydrogen-bond donors (Lipinski definition) is 1.